The molecule has 0 aliphatic heterocycles. The monoisotopic (exact) mass is 364 g/mol. The molecule has 2 heterocycles. The van der Waals surface area contributed by atoms with Gasteiger partial charge in [-0.25, -0.2) is 9.50 Å². The lowest BCUT2D eigenvalue weighted by molar-refractivity contribution is -0.121. The van der Waals surface area contributed by atoms with E-state index in [9.17, 15) is 4.79 Å². The molecule has 0 fully saturated rings. The molecule has 1 unspecified atom stereocenters. The van der Waals surface area contributed by atoms with Crippen LogP contribution < -0.4 is 5.32 Å². The SMILES string of the molecule is Cc1cc2nc(C)c(CCC(=O)NC(C)CCc3ccccc3)c(C)n2n1. The van der Waals surface area contributed by atoms with Gasteiger partial charge in [0, 0.05) is 29.9 Å². The summed E-state index contributed by atoms with van der Waals surface area (Å²) in [6, 6.07) is 12.5. The number of fused-ring (bicyclic) bond motifs is 1. The molecule has 3 rings (SSSR count). The molecule has 0 aliphatic carbocycles. The van der Waals surface area contributed by atoms with Crippen molar-refractivity contribution < 1.29 is 4.79 Å². The van der Waals surface area contributed by atoms with Gasteiger partial charge in [-0.2, -0.15) is 5.10 Å². The zero-order valence-corrected chi connectivity index (χ0v) is 16.6. The Balaban J connectivity index is 1.55. The van der Waals surface area contributed by atoms with Gasteiger partial charge < -0.3 is 5.32 Å². The summed E-state index contributed by atoms with van der Waals surface area (Å²) < 4.78 is 1.87. The van der Waals surface area contributed by atoms with Crippen LogP contribution in [0.4, 0.5) is 0 Å². The Bertz CT molecular complexity index is 930. The third kappa shape index (κ3) is 4.73. The Morgan fingerprint density at radius 3 is 2.63 bits per heavy atom. The number of hydrogen-bond acceptors (Lipinski definition) is 3. The summed E-state index contributed by atoms with van der Waals surface area (Å²) in [4.78, 5) is 17.0. The smallest absolute Gasteiger partial charge is 0.220 e. The fourth-order valence-electron chi connectivity index (χ4n) is 3.49. The maximum absolute atomic E-state index is 12.4. The molecule has 1 atom stereocenters. The molecule has 0 aliphatic rings. The van der Waals surface area contributed by atoms with Gasteiger partial charge in [0.25, 0.3) is 0 Å². The number of nitrogens with one attached hydrogen (secondary N) is 1. The van der Waals surface area contributed by atoms with Gasteiger partial charge in [-0.1, -0.05) is 30.3 Å². The van der Waals surface area contributed by atoms with E-state index in [0.29, 0.717) is 12.8 Å². The van der Waals surface area contributed by atoms with E-state index in [4.69, 9.17) is 0 Å². The van der Waals surface area contributed by atoms with Gasteiger partial charge in [0.1, 0.15) is 0 Å². The fourth-order valence-corrected chi connectivity index (χ4v) is 3.49. The predicted octanol–water partition coefficient (Wildman–Crippen LogP) is 3.72. The van der Waals surface area contributed by atoms with Gasteiger partial charge in [0.15, 0.2) is 5.65 Å². The van der Waals surface area contributed by atoms with Gasteiger partial charge in [0.2, 0.25) is 5.91 Å². The third-order valence-electron chi connectivity index (χ3n) is 5.00. The molecular formula is C22H28N4O. The van der Waals surface area contributed by atoms with Crippen molar-refractivity contribution in [3.8, 4) is 0 Å². The molecule has 142 valence electrons. The van der Waals surface area contributed by atoms with Crippen LogP contribution in [0.25, 0.3) is 5.65 Å². The van der Waals surface area contributed by atoms with Crippen molar-refractivity contribution in [3.63, 3.8) is 0 Å². The quantitative estimate of drug-likeness (QED) is 0.695. The fraction of sp³-hybridized carbons (Fsp3) is 0.409. The summed E-state index contributed by atoms with van der Waals surface area (Å²) in [5.41, 5.74) is 6.27. The highest BCUT2D eigenvalue weighted by molar-refractivity contribution is 5.76. The number of hydrogen-bond donors (Lipinski definition) is 1. The Morgan fingerprint density at radius 1 is 1.15 bits per heavy atom. The molecule has 3 aromatic rings. The zero-order valence-electron chi connectivity index (χ0n) is 16.6. The van der Waals surface area contributed by atoms with Crippen LogP contribution in [0.2, 0.25) is 0 Å². The first-order chi connectivity index (χ1) is 12.9. The summed E-state index contributed by atoms with van der Waals surface area (Å²) in [6.45, 7) is 8.08. The van der Waals surface area contributed by atoms with Gasteiger partial charge in [0.05, 0.1) is 5.69 Å². The van der Waals surface area contributed by atoms with Gasteiger partial charge in [-0.15, -0.1) is 0 Å². The maximum atomic E-state index is 12.4. The van der Waals surface area contributed by atoms with Crippen molar-refractivity contribution in [2.24, 2.45) is 0 Å². The largest absolute Gasteiger partial charge is 0.354 e. The molecule has 5 nitrogen and oxygen atoms in total. The van der Waals surface area contributed by atoms with Crippen LogP contribution in [0.5, 0.6) is 0 Å². The minimum Gasteiger partial charge on any atom is -0.354 e. The van der Waals surface area contributed by atoms with Crippen LogP contribution in [-0.4, -0.2) is 26.5 Å². The van der Waals surface area contributed by atoms with E-state index < -0.39 is 0 Å². The van der Waals surface area contributed by atoms with Crippen LogP contribution in [0, 0.1) is 20.8 Å². The maximum Gasteiger partial charge on any atom is 0.220 e. The molecule has 1 amide bonds. The first kappa shape index (κ1) is 19.1. The Morgan fingerprint density at radius 2 is 1.89 bits per heavy atom. The van der Waals surface area contributed by atoms with Gasteiger partial charge in [-0.3, -0.25) is 4.79 Å². The second kappa shape index (κ2) is 8.33. The number of benzene rings is 1. The van der Waals surface area contributed by atoms with Crippen LogP contribution in [-0.2, 0) is 17.6 Å². The summed E-state index contributed by atoms with van der Waals surface area (Å²) in [5.74, 6) is 0.0890. The third-order valence-corrected chi connectivity index (χ3v) is 5.00. The highest BCUT2D eigenvalue weighted by Gasteiger charge is 2.14. The topological polar surface area (TPSA) is 59.3 Å². The van der Waals surface area contributed by atoms with E-state index in [1.165, 1.54) is 5.56 Å². The van der Waals surface area contributed by atoms with Crippen molar-refractivity contribution >= 4 is 11.6 Å². The first-order valence-corrected chi connectivity index (χ1v) is 9.60. The standard InChI is InChI=1S/C22H28N4O/c1-15(10-11-19-8-6-5-7-9-19)23-22(27)13-12-20-17(3)24-21-14-16(2)25-26(21)18(20)4/h5-9,14-15H,10-13H2,1-4H3,(H,23,27). The molecule has 27 heavy (non-hydrogen) atoms. The first-order valence-electron chi connectivity index (χ1n) is 9.60. The molecule has 0 radical (unpaired) electrons. The average molecular weight is 364 g/mol. The number of rotatable bonds is 7. The van der Waals surface area contributed by atoms with Crippen LogP contribution in [0.1, 0.15) is 48.0 Å². The summed E-state index contributed by atoms with van der Waals surface area (Å²) in [7, 11) is 0. The Labute approximate surface area is 160 Å². The van der Waals surface area contributed by atoms with E-state index in [0.717, 1.165) is 41.1 Å². The van der Waals surface area contributed by atoms with Crippen molar-refractivity contribution in [1.29, 1.82) is 0 Å². The molecule has 5 heteroatoms. The number of carbonyl (C=O) groups excluding carboxylic acids is 1. The van der Waals surface area contributed by atoms with Crippen molar-refractivity contribution in [1.82, 2.24) is 19.9 Å². The molecule has 2 aromatic heterocycles. The van der Waals surface area contributed by atoms with Crippen molar-refractivity contribution in [2.45, 2.75) is 59.4 Å². The predicted molar refractivity (Wildman–Crippen MR) is 108 cm³/mol. The Hall–Kier alpha value is -2.69. The molecule has 1 N–H and O–H groups in total. The van der Waals surface area contributed by atoms with Crippen LogP contribution >= 0.6 is 0 Å². The molecule has 1 aromatic carbocycles. The van der Waals surface area contributed by atoms with Crippen molar-refractivity contribution in [2.75, 3.05) is 0 Å². The number of aryl methyl sites for hydroxylation is 4. The zero-order chi connectivity index (χ0) is 19.4. The van der Waals surface area contributed by atoms with Crippen molar-refractivity contribution in [3.05, 3.63) is 64.6 Å². The molecule has 0 saturated carbocycles. The summed E-state index contributed by atoms with van der Waals surface area (Å²) in [5, 5.41) is 7.62. The highest BCUT2D eigenvalue weighted by atomic mass is 16.1. The lowest BCUT2D eigenvalue weighted by atomic mass is 10.0. The second-order valence-corrected chi connectivity index (χ2v) is 7.31. The molecule has 0 bridgehead atoms. The number of amides is 1. The minimum absolute atomic E-state index is 0.0890. The molecule has 0 spiro atoms. The lowest BCUT2D eigenvalue weighted by Gasteiger charge is -2.15. The normalized spacial score (nSPS) is 12.3. The van der Waals surface area contributed by atoms with Gasteiger partial charge in [-0.05, 0) is 58.1 Å². The van der Waals surface area contributed by atoms with E-state index in [-0.39, 0.29) is 11.9 Å². The summed E-state index contributed by atoms with van der Waals surface area (Å²) in [6.07, 6.45) is 3.05. The summed E-state index contributed by atoms with van der Waals surface area (Å²) >= 11 is 0. The van der Waals surface area contributed by atoms with Gasteiger partial charge >= 0.3 is 0 Å². The number of nitrogens with zero attached hydrogens (tertiary/aromatic N) is 3. The van der Waals surface area contributed by atoms with Crippen LogP contribution in [0.3, 0.4) is 0 Å². The minimum atomic E-state index is 0.0890. The number of aromatic nitrogens is 3. The molecule has 0 saturated heterocycles. The number of carbonyl (C=O) groups is 1. The molecular weight excluding hydrogens is 336 g/mol. The van der Waals surface area contributed by atoms with E-state index in [2.05, 4.69) is 46.6 Å². The lowest BCUT2D eigenvalue weighted by Crippen LogP contribution is -2.33. The average Bonchev–Trinajstić information content (AvgIpc) is 3.01. The highest BCUT2D eigenvalue weighted by Crippen LogP contribution is 2.17. The van der Waals surface area contributed by atoms with E-state index in [1.54, 1.807) is 0 Å². The van der Waals surface area contributed by atoms with Crippen LogP contribution in [0.15, 0.2) is 36.4 Å². The second-order valence-electron chi connectivity index (χ2n) is 7.31. The Kier molecular flexibility index (Phi) is 5.89. The van der Waals surface area contributed by atoms with E-state index in [1.807, 2.05) is 37.4 Å². The van der Waals surface area contributed by atoms with E-state index >= 15 is 0 Å².